The Labute approximate surface area is 117 Å². The van der Waals surface area contributed by atoms with E-state index >= 15 is 0 Å². The molecule has 0 saturated carbocycles. The number of aryl methyl sites for hydroxylation is 2. The fourth-order valence-electron chi connectivity index (χ4n) is 2.51. The van der Waals surface area contributed by atoms with Crippen LogP contribution in [0.25, 0.3) is 0 Å². The Bertz CT molecular complexity index is 632. The first-order valence-electron chi connectivity index (χ1n) is 6.76. The van der Waals surface area contributed by atoms with E-state index in [4.69, 9.17) is 4.74 Å². The highest BCUT2D eigenvalue weighted by molar-refractivity contribution is 5.97. The van der Waals surface area contributed by atoms with Crippen LogP contribution in [0.4, 0.5) is 4.39 Å². The number of hydrogen-bond acceptors (Lipinski definition) is 2. The molecule has 0 aromatic heterocycles. The first-order chi connectivity index (χ1) is 9.72. The highest BCUT2D eigenvalue weighted by Gasteiger charge is 2.12. The molecule has 0 spiro atoms. The summed E-state index contributed by atoms with van der Waals surface area (Å²) in [5.74, 6) is 0.229. The molecule has 0 amide bonds. The van der Waals surface area contributed by atoms with Crippen molar-refractivity contribution in [2.24, 2.45) is 0 Å². The summed E-state index contributed by atoms with van der Waals surface area (Å²) in [7, 11) is 0. The zero-order valence-electron chi connectivity index (χ0n) is 11.1. The summed E-state index contributed by atoms with van der Waals surface area (Å²) < 4.78 is 18.3. The Morgan fingerprint density at radius 1 is 1.05 bits per heavy atom. The molecule has 1 aliphatic carbocycles. The molecule has 2 aromatic carbocycles. The maximum Gasteiger partial charge on any atom is 0.200 e. The lowest BCUT2D eigenvalue weighted by molar-refractivity contribution is 0.0921. The van der Waals surface area contributed by atoms with Gasteiger partial charge in [-0.3, -0.25) is 4.79 Å². The zero-order chi connectivity index (χ0) is 13.9. The van der Waals surface area contributed by atoms with E-state index < -0.39 is 0 Å². The second kappa shape index (κ2) is 5.45. The van der Waals surface area contributed by atoms with Gasteiger partial charge in [0.15, 0.2) is 12.4 Å². The van der Waals surface area contributed by atoms with E-state index in [1.54, 1.807) is 0 Å². The molecule has 102 valence electrons. The molecule has 0 fully saturated rings. The van der Waals surface area contributed by atoms with Crippen molar-refractivity contribution < 1.29 is 13.9 Å². The lowest BCUT2D eigenvalue weighted by Gasteiger charge is -2.07. The van der Waals surface area contributed by atoms with Crippen molar-refractivity contribution in [3.63, 3.8) is 0 Å². The van der Waals surface area contributed by atoms with Gasteiger partial charge in [-0.15, -0.1) is 0 Å². The molecule has 0 heterocycles. The van der Waals surface area contributed by atoms with Gasteiger partial charge in [-0.2, -0.15) is 0 Å². The Hall–Kier alpha value is -2.16. The van der Waals surface area contributed by atoms with Gasteiger partial charge in [-0.1, -0.05) is 6.07 Å². The summed E-state index contributed by atoms with van der Waals surface area (Å²) >= 11 is 0. The molecule has 0 N–H and O–H groups in total. The number of hydrogen-bond donors (Lipinski definition) is 0. The highest BCUT2D eigenvalue weighted by Crippen LogP contribution is 2.26. The van der Waals surface area contributed by atoms with Gasteiger partial charge in [0.05, 0.1) is 0 Å². The van der Waals surface area contributed by atoms with E-state index in [0.717, 1.165) is 18.6 Å². The first-order valence-corrected chi connectivity index (χ1v) is 6.76. The Balaban J connectivity index is 1.64. The van der Waals surface area contributed by atoms with Gasteiger partial charge in [-0.05, 0) is 66.8 Å². The van der Waals surface area contributed by atoms with Crippen LogP contribution in [0, 0.1) is 5.82 Å². The van der Waals surface area contributed by atoms with E-state index in [1.807, 2.05) is 12.1 Å². The molecule has 3 heteroatoms. The van der Waals surface area contributed by atoms with Gasteiger partial charge in [0.2, 0.25) is 0 Å². The van der Waals surface area contributed by atoms with Gasteiger partial charge < -0.3 is 4.74 Å². The van der Waals surface area contributed by atoms with Crippen molar-refractivity contribution in [3.8, 4) is 5.75 Å². The number of benzene rings is 2. The lowest BCUT2D eigenvalue weighted by atomic mass is 10.1. The molecule has 1 aliphatic rings. The summed E-state index contributed by atoms with van der Waals surface area (Å²) in [5, 5.41) is 0. The van der Waals surface area contributed by atoms with Crippen LogP contribution in [0.1, 0.15) is 27.9 Å². The van der Waals surface area contributed by atoms with Gasteiger partial charge in [0.25, 0.3) is 0 Å². The van der Waals surface area contributed by atoms with Crippen LogP contribution in [-0.4, -0.2) is 12.4 Å². The Morgan fingerprint density at radius 3 is 2.60 bits per heavy atom. The van der Waals surface area contributed by atoms with Crippen molar-refractivity contribution in [1.29, 1.82) is 0 Å². The summed E-state index contributed by atoms with van der Waals surface area (Å²) in [6.07, 6.45) is 3.40. The highest BCUT2D eigenvalue weighted by atomic mass is 19.1. The Morgan fingerprint density at radius 2 is 1.80 bits per heavy atom. The van der Waals surface area contributed by atoms with E-state index in [-0.39, 0.29) is 18.2 Å². The fourth-order valence-corrected chi connectivity index (χ4v) is 2.51. The third-order valence-corrected chi connectivity index (χ3v) is 3.61. The van der Waals surface area contributed by atoms with E-state index in [1.165, 1.54) is 41.8 Å². The molecule has 0 aliphatic heterocycles. The molecular weight excluding hydrogens is 255 g/mol. The minimum absolute atomic E-state index is 0.0234. The van der Waals surface area contributed by atoms with Crippen LogP contribution in [0.15, 0.2) is 42.5 Å². The minimum Gasteiger partial charge on any atom is -0.485 e. The number of carbonyl (C=O) groups excluding carboxylic acids is 1. The molecule has 3 rings (SSSR count). The quantitative estimate of drug-likeness (QED) is 0.794. The monoisotopic (exact) mass is 270 g/mol. The average Bonchev–Trinajstić information content (AvgIpc) is 2.93. The Kier molecular flexibility index (Phi) is 3.50. The van der Waals surface area contributed by atoms with E-state index in [2.05, 4.69) is 6.07 Å². The fraction of sp³-hybridized carbons (Fsp3) is 0.235. The topological polar surface area (TPSA) is 26.3 Å². The van der Waals surface area contributed by atoms with E-state index in [0.29, 0.717) is 5.56 Å². The summed E-state index contributed by atoms with van der Waals surface area (Å²) in [4.78, 5) is 11.9. The lowest BCUT2D eigenvalue weighted by Crippen LogP contribution is -2.11. The number of fused-ring (bicyclic) bond motifs is 1. The molecule has 2 aromatic rings. The molecule has 20 heavy (non-hydrogen) atoms. The third-order valence-electron chi connectivity index (χ3n) is 3.61. The SMILES string of the molecule is O=C(COc1ccc2c(c1)CCC2)c1ccc(F)cc1. The molecule has 0 unspecified atom stereocenters. The predicted octanol–water partition coefficient (Wildman–Crippen LogP) is 3.58. The standard InChI is InChI=1S/C17H15FO2/c18-15-7-4-13(5-8-15)17(19)11-20-16-9-6-12-2-1-3-14(12)10-16/h4-10H,1-3,11H2. The van der Waals surface area contributed by atoms with E-state index in [9.17, 15) is 9.18 Å². The maximum absolute atomic E-state index is 12.8. The summed E-state index contributed by atoms with van der Waals surface area (Å²) in [6.45, 7) is -0.0234. The number of halogens is 1. The zero-order valence-corrected chi connectivity index (χ0v) is 11.1. The molecular formula is C17H15FO2. The van der Waals surface area contributed by atoms with Gasteiger partial charge >= 0.3 is 0 Å². The summed E-state index contributed by atoms with van der Waals surface area (Å²) in [5.41, 5.74) is 3.16. The van der Waals surface area contributed by atoms with Crippen LogP contribution in [0.3, 0.4) is 0 Å². The first kappa shape index (κ1) is 12.9. The number of ether oxygens (including phenoxy) is 1. The normalized spacial score (nSPS) is 13.1. The maximum atomic E-state index is 12.8. The summed E-state index contributed by atoms with van der Waals surface area (Å²) in [6, 6.07) is 11.5. The van der Waals surface area contributed by atoms with Gasteiger partial charge in [0.1, 0.15) is 11.6 Å². The van der Waals surface area contributed by atoms with Crippen LogP contribution >= 0.6 is 0 Å². The van der Waals surface area contributed by atoms with Crippen molar-refractivity contribution >= 4 is 5.78 Å². The second-order valence-electron chi connectivity index (χ2n) is 5.00. The van der Waals surface area contributed by atoms with Crippen LogP contribution in [0.2, 0.25) is 0 Å². The van der Waals surface area contributed by atoms with Gasteiger partial charge in [-0.25, -0.2) is 4.39 Å². The van der Waals surface area contributed by atoms with Crippen LogP contribution in [0.5, 0.6) is 5.75 Å². The number of rotatable bonds is 4. The van der Waals surface area contributed by atoms with Crippen LogP contribution in [-0.2, 0) is 12.8 Å². The average molecular weight is 270 g/mol. The number of Topliss-reactive ketones (excluding diaryl/α,β-unsaturated/α-hetero) is 1. The van der Waals surface area contributed by atoms with Crippen molar-refractivity contribution in [2.45, 2.75) is 19.3 Å². The van der Waals surface area contributed by atoms with Crippen molar-refractivity contribution in [3.05, 3.63) is 65.0 Å². The third kappa shape index (κ3) is 2.72. The number of carbonyl (C=O) groups is 1. The number of ketones is 1. The second-order valence-corrected chi connectivity index (χ2v) is 5.00. The van der Waals surface area contributed by atoms with Gasteiger partial charge in [0, 0.05) is 5.56 Å². The van der Waals surface area contributed by atoms with Crippen molar-refractivity contribution in [2.75, 3.05) is 6.61 Å². The minimum atomic E-state index is -0.346. The smallest absolute Gasteiger partial charge is 0.200 e. The molecule has 0 saturated heterocycles. The molecule has 0 atom stereocenters. The molecule has 2 nitrogen and oxygen atoms in total. The largest absolute Gasteiger partial charge is 0.485 e. The molecule has 0 bridgehead atoms. The predicted molar refractivity (Wildman–Crippen MR) is 74.7 cm³/mol. The van der Waals surface area contributed by atoms with Crippen molar-refractivity contribution in [1.82, 2.24) is 0 Å². The molecule has 0 radical (unpaired) electrons. The van der Waals surface area contributed by atoms with Crippen LogP contribution < -0.4 is 4.74 Å².